The van der Waals surface area contributed by atoms with Gasteiger partial charge >= 0.3 is 0 Å². The van der Waals surface area contributed by atoms with Crippen LogP contribution in [0, 0.1) is 12.7 Å². The molecule has 0 fully saturated rings. The van der Waals surface area contributed by atoms with Gasteiger partial charge in [0.15, 0.2) is 0 Å². The third-order valence-electron chi connectivity index (χ3n) is 6.97. The molecule has 3 heterocycles. The molecule has 0 aliphatic carbocycles. The molecule has 0 saturated carbocycles. The van der Waals surface area contributed by atoms with Gasteiger partial charge in [-0.3, -0.25) is 15.1 Å². The van der Waals surface area contributed by atoms with Crippen LogP contribution in [0.4, 0.5) is 10.1 Å². The highest BCUT2D eigenvalue weighted by atomic mass is 19.1. The number of nitrogens with one attached hydrogen (secondary N) is 3. The van der Waals surface area contributed by atoms with Crippen LogP contribution in [0.1, 0.15) is 34.9 Å². The summed E-state index contributed by atoms with van der Waals surface area (Å²) in [6.45, 7) is 16.2. The second-order valence-corrected chi connectivity index (χ2v) is 10.1. The number of aromatic nitrogens is 4. The summed E-state index contributed by atoms with van der Waals surface area (Å²) in [7, 11) is 0. The smallest absolute Gasteiger partial charge is 0.123 e. The Morgan fingerprint density at radius 1 is 1.02 bits per heavy atom. The fraction of sp³-hybridized carbons (Fsp3) is 0.0833. The van der Waals surface area contributed by atoms with E-state index >= 15 is 0 Å². The minimum absolute atomic E-state index is 0.331. The molecule has 3 aromatic heterocycles. The normalized spacial score (nSPS) is 12.4. The summed E-state index contributed by atoms with van der Waals surface area (Å²) < 4.78 is 14.1. The highest BCUT2D eigenvalue weighted by molar-refractivity contribution is 6.14. The van der Waals surface area contributed by atoms with E-state index in [1.807, 2.05) is 62.4 Å². The topological polar surface area (TPSA) is 81.8 Å². The van der Waals surface area contributed by atoms with E-state index in [0.717, 1.165) is 55.7 Å². The Hall–Kier alpha value is -5.56. The Kier molecular flexibility index (Phi) is 8.72. The van der Waals surface area contributed by atoms with Crippen molar-refractivity contribution in [2.24, 2.45) is 4.99 Å². The SMILES string of the molecule is C=CN=C(c1cccc(F)c1)c1cc(-c2n[nH]c(=C/C)/c2=C\C(=C)c2cncc(NC(=C)Cc3ccccc3)c2)[nH]c1C. The molecule has 5 rings (SSSR count). The molecular weight excluding hydrogens is 535 g/mol. The number of rotatable bonds is 10. The second-order valence-electron chi connectivity index (χ2n) is 10.1. The van der Waals surface area contributed by atoms with E-state index in [-0.39, 0.29) is 5.82 Å². The molecule has 0 unspecified atom stereocenters. The van der Waals surface area contributed by atoms with Gasteiger partial charge < -0.3 is 10.3 Å². The van der Waals surface area contributed by atoms with Crippen LogP contribution in [0.2, 0.25) is 0 Å². The Balaban J connectivity index is 1.46. The molecule has 214 valence electrons. The van der Waals surface area contributed by atoms with Gasteiger partial charge in [0, 0.05) is 52.1 Å². The maximum absolute atomic E-state index is 14.1. The molecule has 0 amide bonds. The van der Waals surface area contributed by atoms with Crippen LogP contribution >= 0.6 is 0 Å². The fourth-order valence-corrected chi connectivity index (χ4v) is 4.93. The number of nitrogens with zero attached hydrogens (tertiary/aromatic N) is 3. The summed E-state index contributed by atoms with van der Waals surface area (Å²) in [5, 5.41) is 12.9. The fourth-order valence-electron chi connectivity index (χ4n) is 4.93. The van der Waals surface area contributed by atoms with Crippen LogP contribution < -0.4 is 15.9 Å². The number of allylic oxidation sites excluding steroid dienone is 2. The quantitative estimate of drug-likeness (QED) is 0.164. The first-order valence-electron chi connectivity index (χ1n) is 13.9. The summed E-state index contributed by atoms with van der Waals surface area (Å²) in [5.41, 5.74) is 9.00. The first-order valence-corrected chi connectivity index (χ1v) is 13.9. The average Bonchev–Trinajstić information content (AvgIpc) is 3.58. The standard InChI is InChI=1S/C36H33FN6/c1-6-33-32(16-23(3)28-19-30(22-38-21-28)40-24(4)17-26-12-9-8-10-13-26)36(43-42-33)34-20-31(25(5)41-34)35(39-7-2)27-14-11-15-29(37)18-27/h6-16,18-22,40-42H,2-4,17H2,1,5H3/b32-16+,33-6+,39-35?. The molecule has 6 nitrogen and oxygen atoms in total. The maximum Gasteiger partial charge on any atom is 0.123 e. The highest BCUT2D eigenvalue weighted by Crippen LogP contribution is 2.23. The molecule has 0 saturated heterocycles. The summed E-state index contributed by atoms with van der Waals surface area (Å²) >= 11 is 0. The molecule has 5 aromatic rings. The summed E-state index contributed by atoms with van der Waals surface area (Å²) in [5.74, 6) is -0.331. The van der Waals surface area contributed by atoms with Crippen LogP contribution in [0.3, 0.4) is 0 Å². The molecule has 0 aliphatic heterocycles. The number of anilines is 1. The summed E-state index contributed by atoms with van der Waals surface area (Å²) in [6, 6.07) is 20.5. The van der Waals surface area contributed by atoms with Crippen LogP contribution in [0.15, 0.2) is 116 Å². The zero-order valence-electron chi connectivity index (χ0n) is 24.3. The van der Waals surface area contributed by atoms with Crippen molar-refractivity contribution >= 4 is 29.1 Å². The lowest BCUT2D eigenvalue weighted by Crippen LogP contribution is -2.23. The second kappa shape index (κ2) is 13.0. The van der Waals surface area contributed by atoms with Gasteiger partial charge in [0.25, 0.3) is 0 Å². The Bertz CT molecular complexity index is 1960. The van der Waals surface area contributed by atoms with Gasteiger partial charge in [-0.15, -0.1) is 0 Å². The van der Waals surface area contributed by atoms with E-state index < -0.39 is 0 Å². The first-order chi connectivity index (χ1) is 20.9. The van der Waals surface area contributed by atoms with Crippen LogP contribution in [0.5, 0.6) is 0 Å². The van der Waals surface area contributed by atoms with Crippen LogP contribution in [-0.4, -0.2) is 25.9 Å². The van der Waals surface area contributed by atoms with E-state index in [2.05, 4.69) is 62.3 Å². The minimum atomic E-state index is -0.331. The lowest BCUT2D eigenvalue weighted by atomic mass is 10.0. The Labute approximate surface area is 250 Å². The lowest BCUT2D eigenvalue weighted by molar-refractivity contribution is 0.627. The van der Waals surface area contributed by atoms with Gasteiger partial charge in [0.05, 0.1) is 28.6 Å². The number of H-pyrrole nitrogens is 2. The van der Waals surface area contributed by atoms with Gasteiger partial charge in [0.1, 0.15) is 11.5 Å². The maximum atomic E-state index is 14.1. The number of halogens is 1. The molecule has 7 heteroatoms. The zero-order chi connectivity index (χ0) is 30.3. The number of hydrogen-bond acceptors (Lipinski definition) is 4. The van der Waals surface area contributed by atoms with Gasteiger partial charge in [-0.05, 0) is 55.3 Å². The molecule has 0 aliphatic rings. The zero-order valence-corrected chi connectivity index (χ0v) is 24.3. The number of benzene rings is 2. The Morgan fingerprint density at radius 2 is 1.84 bits per heavy atom. The van der Waals surface area contributed by atoms with Crippen LogP contribution in [0.25, 0.3) is 29.1 Å². The van der Waals surface area contributed by atoms with Crippen molar-refractivity contribution in [1.82, 2.24) is 20.2 Å². The number of aryl methyl sites for hydroxylation is 1. The van der Waals surface area contributed by atoms with Crippen molar-refractivity contribution in [2.75, 3.05) is 5.32 Å². The van der Waals surface area contributed by atoms with E-state index in [1.165, 1.54) is 23.9 Å². The minimum Gasteiger partial charge on any atom is -0.358 e. The molecule has 0 bridgehead atoms. The lowest BCUT2D eigenvalue weighted by Gasteiger charge is -2.11. The van der Waals surface area contributed by atoms with Crippen molar-refractivity contribution < 1.29 is 4.39 Å². The molecule has 2 aromatic carbocycles. The number of hydrogen-bond donors (Lipinski definition) is 3. The van der Waals surface area contributed by atoms with Crippen molar-refractivity contribution in [3.05, 3.63) is 155 Å². The van der Waals surface area contributed by atoms with Crippen molar-refractivity contribution in [2.45, 2.75) is 20.3 Å². The van der Waals surface area contributed by atoms with Gasteiger partial charge in [-0.2, -0.15) is 5.10 Å². The van der Waals surface area contributed by atoms with Crippen LogP contribution in [-0.2, 0) is 6.42 Å². The molecule has 43 heavy (non-hydrogen) atoms. The number of aliphatic imine (C=N–C) groups is 1. The first kappa shape index (κ1) is 29.0. The third-order valence-corrected chi connectivity index (χ3v) is 6.97. The summed E-state index contributed by atoms with van der Waals surface area (Å²) in [6.07, 6.45) is 9.69. The predicted molar refractivity (Wildman–Crippen MR) is 175 cm³/mol. The van der Waals surface area contributed by atoms with Gasteiger partial charge in [-0.1, -0.05) is 68.3 Å². The number of aromatic amines is 2. The monoisotopic (exact) mass is 568 g/mol. The van der Waals surface area contributed by atoms with E-state index in [4.69, 9.17) is 0 Å². The van der Waals surface area contributed by atoms with Crippen molar-refractivity contribution in [1.29, 1.82) is 0 Å². The molecular formula is C36H33FN6. The van der Waals surface area contributed by atoms with E-state index in [9.17, 15) is 4.39 Å². The predicted octanol–water partition coefficient (Wildman–Crippen LogP) is 6.69. The largest absolute Gasteiger partial charge is 0.358 e. The average molecular weight is 569 g/mol. The van der Waals surface area contributed by atoms with Gasteiger partial charge in [-0.25, -0.2) is 4.39 Å². The third kappa shape index (κ3) is 6.68. The molecule has 3 N–H and O–H groups in total. The number of pyridine rings is 1. The molecule has 0 spiro atoms. The Morgan fingerprint density at radius 3 is 2.58 bits per heavy atom. The van der Waals surface area contributed by atoms with E-state index in [1.54, 1.807) is 18.5 Å². The highest BCUT2D eigenvalue weighted by Gasteiger charge is 2.17. The molecule has 0 atom stereocenters. The summed E-state index contributed by atoms with van der Waals surface area (Å²) in [4.78, 5) is 12.3. The van der Waals surface area contributed by atoms with Gasteiger partial charge in [0.2, 0.25) is 0 Å². The molecule has 0 radical (unpaired) electrons. The van der Waals surface area contributed by atoms with E-state index in [0.29, 0.717) is 17.7 Å². The van der Waals surface area contributed by atoms with Crippen molar-refractivity contribution in [3.63, 3.8) is 0 Å². The van der Waals surface area contributed by atoms with Crippen molar-refractivity contribution in [3.8, 4) is 11.4 Å².